The number of hydrogen-bond acceptors (Lipinski definition) is 6. The van der Waals surface area contributed by atoms with Crippen LogP contribution in [-0.2, 0) is 9.59 Å². The number of carbonyl (C=O) groups is 3. The molecule has 34 heavy (non-hydrogen) atoms. The zero-order chi connectivity index (χ0) is 23.7. The van der Waals surface area contributed by atoms with Gasteiger partial charge in [0, 0.05) is 24.2 Å². The lowest BCUT2D eigenvalue weighted by atomic mass is 10.1. The third kappa shape index (κ3) is 4.24. The van der Waals surface area contributed by atoms with Gasteiger partial charge in [0.15, 0.2) is 6.61 Å². The number of rotatable bonds is 4. The summed E-state index contributed by atoms with van der Waals surface area (Å²) in [6.07, 6.45) is 3.01. The number of piperidine rings is 1. The molecule has 1 N–H and O–H groups in total. The Morgan fingerprint density at radius 1 is 0.971 bits per heavy atom. The fourth-order valence-corrected chi connectivity index (χ4v) is 4.25. The highest BCUT2D eigenvalue weighted by Gasteiger charge is 2.30. The van der Waals surface area contributed by atoms with Crippen molar-refractivity contribution in [3.05, 3.63) is 64.5 Å². The van der Waals surface area contributed by atoms with Crippen molar-refractivity contribution in [2.75, 3.05) is 36.5 Å². The molecular weight excluding hydrogens is 438 g/mol. The van der Waals surface area contributed by atoms with Gasteiger partial charge in [0.05, 0.1) is 5.69 Å². The van der Waals surface area contributed by atoms with Crippen molar-refractivity contribution in [1.82, 2.24) is 4.90 Å². The Balaban J connectivity index is 1.39. The van der Waals surface area contributed by atoms with Crippen LogP contribution in [0.15, 0.2) is 57.7 Å². The van der Waals surface area contributed by atoms with E-state index in [0.717, 1.165) is 19.3 Å². The third-order valence-electron chi connectivity index (χ3n) is 6.05. The van der Waals surface area contributed by atoms with Gasteiger partial charge in [0.1, 0.15) is 23.4 Å². The number of ether oxygens (including phenoxy) is 1. The van der Waals surface area contributed by atoms with E-state index >= 15 is 0 Å². The van der Waals surface area contributed by atoms with Crippen LogP contribution in [0.5, 0.6) is 5.75 Å². The lowest BCUT2D eigenvalue weighted by Gasteiger charge is -2.33. The quantitative estimate of drug-likeness (QED) is 0.599. The van der Waals surface area contributed by atoms with Gasteiger partial charge in [-0.15, -0.1) is 0 Å². The molecule has 0 unspecified atom stereocenters. The first-order valence-electron chi connectivity index (χ1n) is 11.2. The van der Waals surface area contributed by atoms with Crippen LogP contribution in [0.4, 0.5) is 11.4 Å². The summed E-state index contributed by atoms with van der Waals surface area (Å²) in [5, 5.41) is 3.30. The first kappa shape index (κ1) is 21.7. The SMILES string of the molecule is O=C(Nc1ccc2c(c1)N(CC(=O)N1CCCCC1)C(=O)CO2)c1cc2ccccc2oc1=O. The van der Waals surface area contributed by atoms with E-state index in [1.165, 1.54) is 11.0 Å². The minimum atomic E-state index is -0.749. The van der Waals surface area contributed by atoms with E-state index in [1.807, 2.05) is 0 Å². The number of amides is 3. The lowest BCUT2D eigenvalue weighted by molar-refractivity contribution is -0.132. The van der Waals surface area contributed by atoms with Gasteiger partial charge < -0.3 is 19.4 Å². The maximum atomic E-state index is 12.8. The van der Waals surface area contributed by atoms with Gasteiger partial charge in [-0.1, -0.05) is 18.2 Å². The number of para-hydroxylation sites is 1. The smallest absolute Gasteiger partial charge is 0.349 e. The van der Waals surface area contributed by atoms with Crippen LogP contribution in [0, 0.1) is 0 Å². The standard InChI is InChI=1S/C25H23N3O6/c29-22(27-10-4-1-5-11-27)14-28-19-13-17(8-9-21(19)33-15-23(28)30)26-24(31)18-12-16-6-2-3-7-20(16)34-25(18)32/h2-3,6-9,12-13H,1,4-5,10-11,14-15H2,(H,26,31). The number of anilines is 2. The number of fused-ring (bicyclic) bond motifs is 2. The molecule has 1 fully saturated rings. The van der Waals surface area contributed by atoms with E-state index in [9.17, 15) is 19.2 Å². The van der Waals surface area contributed by atoms with Crippen molar-refractivity contribution in [3.8, 4) is 5.75 Å². The molecule has 0 atom stereocenters. The predicted molar refractivity (Wildman–Crippen MR) is 125 cm³/mol. The Morgan fingerprint density at radius 3 is 2.59 bits per heavy atom. The molecule has 2 aromatic carbocycles. The maximum Gasteiger partial charge on any atom is 0.349 e. The van der Waals surface area contributed by atoms with Gasteiger partial charge >= 0.3 is 5.63 Å². The van der Waals surface area contributed by atoms with E-state index in [2.05, 4.69) is 5.32 Å². The largest absolute Gasteiger partial charge is 0.482 e. The van der Waals surface area contributed by atoms with E-state index in [4.69, 9.17) is 9.15 Å². The van der Waals surface area contributed by atoms with E-state index in [1.54, 1.807) is 47.4 Å². The van der Waals surface area contributed by atoms with Crippen molar-refractivity contribution in [3.63, 3.8) is 0 Å². The Labute approximate surface area is 194 Å². The van der Waals surface area contributed by atoms with Crippen molar-refractivity contribution in [2.45, 2.75) is 19.3 Å². The molecule has 2 aliphatic rings. The minimum Gasteiger partial charge on any atom is -0.482 e. The van der Waals surface area contributed by atoms with E-state index < -0.39 is 11.5 Å². The minimum absolute atomic E-state index is 0.0964. The lowest BCUT2D eigenvalue weighted by Crippen LogP contribution is -2.47. The van der Waals surface area contributed by atoms with Crippen LogP contribution < -0.4 is 20.6 Å². The first-order valence-corrected chi connectivity index (χ1v) is 11.2. The zero-order valence-corrected chi connectivity index (χ0v) is 18.4. The van der Waals surface area contributed by atoms with Crippen LogP contribution in [0.2, 0.25) is 0 Å². The van der Waals surface area contributed by atoms with Crippen molar-refractivity contribution in [2.24, 2.45) is 0 Å². The first-order chi connectivity index (χ1) is 16.5. The molecule has 0 spiro atoms. The molecule has 0 bridgehead atoms. The van der Waals surface area contributed by atoms with Gasteiger partial charge in [0.2, 0.25) is 5.91 Å². The highest BCUT2D eigenvalue weighted by atomic mass is 16.5. The molecular formula is C25H23N3O6. The van der Waals surface area contributed by atoms with Crippen molar-refractivity contribution >= 4 is 40.1 Å². The summed E-state index contributed by atoms with van der Waals surface area (Å²) in [5.74, 6) is -0.659. The molecule has 9 nitrogen and oxygen atoms in total. The molecule has 9 heteroatoms. The summed E-state index contributed by atoms with van der Waals surface area (Å²) < 4.78 is 10.8. The fraction of sp³-hybridized carbons (Fsp3) is 0.280. The van der Waals surface area contributed by atoms with Gasteiger partial charge in [-0.25, -0.2) is 4.79 Å². The van der Waals surface area contributed by atoms with Crippen LogP contribution in [0.1, 0.15) is 29.6 Å². The average molecular weight is 461 g/mol. The highest BCUT2D eigenvalue weighted by molar-refractivity contribution is 6.07. The molecule has 5 rings (SSSR count). The topological polar surface area (TPSA) is 109 Å². The van der Waals surface area contributed by atoms with E-state index in [0.29, 0.717) is 41.2 Å². The van der Waals surface area contributed by atoms with Crippen LogP contribution in [0.3, 0.4) is 0 Å². The molecule has 0 radical (unpaired) electrons. The maximum absolute atomic E-state index is 12.8. The molecule has 3 amide bonds. The monoisotopic (exact) mass is 461 g/mol. The van der Waals surface area contributed by atoms with Crippen molar-refractivity contribution < 1.29 is 23.5 Å². The predicted octanol–water partition coefficient (Wildman–Crippen LogP) is 2.78. The molecule has 1 aromatic heterocycles. The van der Waals surface area contributed by atoms with Gasteiger partial charge in [0.25, 0.3) is 11.8 Å². The molecule has 3 heterocycles. The molecule has 0 saturated carbocycles. The number of carbonyl (C=O) groups excluding carboxylic acids is 3. The molecule has 3 aromatic rings. The number of nitrogens with zero attached hydrogens (tertiary/aromatic N) is 2. The third-order valence-corrected chi connectivity index (χ3v) is 6.05. The summed E-state index contributed by atoms with van der Waals surface area (Å²) in [6.45, 7) is 1.12. The van der Waals surface area contributed by atoms with Crippen LogP contribution in [0.25, 0.3) is 11.0 Å². The second-order valence-electron chi connectivity index (χ2n) is 8.33. The summed E-state index contributed by atoms with van der Waals surface area (Å²) in [7, 11) is 0. The second-order valence-corrected chi connectivity index (χ2v) is 8.33. The normalized spacial score (nSPS) is 15.6. The molecule has 0 aliphatic carbocycles. The summed E-state index contributed by atoms with van der Waals surface area (Å²) in [5.41, 5.74) is 0.250. The summed E-state index contributed by atoms with van der Waals surface area (Å²) in [6, 6.07) is 13.2. The molecule has 1 saturated heterocycles. The highest BCUT2D eigenvalue weighted by Crippen LogP contribution is 2.35. The van der Waals surface area contributed by atoms with Crippen LogP contribution >= 0.6 is 0 Å². The van der Waals surface area contributed by atoms with Crippen LogP contribution in [-0.4, -0.2) is 48.9 Å². The molecule has 2 aliphatic heterocycles. The molecule has 174 valence electrons. The number of hydrogen-bond donors (Lipinski definition) is 1. The zero-order valence-electron chi connectivity index (χ0n) is 18.4. The second kappa shape index (κ2) is 9.01. The Morgan fingerprint density at radius 2 is 1.76 bits per heavy atom. The number of likely N-dealkylation sites (tertiary alicyclic amines) is 1. The van der Waals surface area contributed by atoms with Gasteiger partial charge in [-0.05, 0) is 49.6 Å². The Hall–Kier alpha value is -4.14. The fourth-order valence-electron chi connectivity index (χ4n) is 4.25. The van der Waals surface area contributed by atoms with Gasteiger partial charge in [-0.2, -0.15) is 0 Å². The Bertz CT molecular complexity index is 1340. The van der Waals surface area contributed by atoms with Crippen molar-refractivity contribution in [1.29, 1.82) is 0 Å². The van der Waals surface area contributed by atoms with E-state index in [-0.39, 0.29) is 30.5 Å². The summed E-state index contributed by atoms with van der Waals surface area (Å²) in [4.78, 5) is 53.7. The Kier molecular flexibility index (Phi) is 5.75. The average Bonchev–Trinajstić information content (AvgIpc) is 2.85. The van der Waals surface area contributed by atoms with Gasteiger partial charge in [-0.3, -0.25) is 19.3 Å². The summed E-state index contributed by atoms with van der Waals surface area (Å²) >= 11 is 0. The number of nitrogens with one attached hydrogen (secondary N) is 1. The number of benzene rings is 2.